The van der Waals surface area contributed by atoms with Crippen molar-refractivity contribution in [3.63, 3.8) is 0 Å². The van der Waals surface area contributed by atoms with E-state index in [2.05, 4.69) is 0 Å². The molecule has 0 heterocycles. The van der Waals surface area contributed by atoms with Crippen LogP contribution in [0.15, 0.2) is 18.2 Å². The van der Waals surface area contributed by atoms with Crippen molar-refractivity contribution in [2.75, 3.05) is 0 Å². The second-order valence-electron chi connectivity index (χ2n) is 4.63. The van der Waals surface area contributed by atoms with E-state index in [-0.39, 0.29) is 23.5 Å². The number of carbonyl (C=O) groups excluding carboxylic acids is 1. The van der Waals surface area contributed by atoms with Crippen molar-refractivity contribution in [2.45, 2.75) is 37.8 Å². The second kappa shape index (κ2) is 5.35. The van der Waals surface area contributed by atoms with Gasteiger partial charge < -0.3 is 16.2 Å². The molecule has 0 spiro atoms. The van der Waals surface area contributed by atoms with E-state index in [1.165, 1.54) is 12.1 Å². The van der Waals surface area contributed by atoms with Crippen LogP contribution in [0.4, 0.5) is 4.39 Å². The Balaban J connectivity index is 2.14. The van der Waals surface area contributed by atoms with Crippen LogP contribution in [0.1, 0.15) is 36.0 Å². The Labute approximate surface area is 105 Å². The van der Waals surface area contributed by atoms with Crippen LogP contribution in [0.25, 0.3) is 0 Å². The molecular weight excluding hydrogens is 235 g/mol. The normalized spacial score (nSPS) is 23.7. The topological polar surface area (TPSA) is 78.3 Å². The van der Waals surface area contributed by atoms with Crippen LogP contribution in [0.3, 0.4) is 0 Å². The van der Waals surface area contributed by atoms with Gasteiger partial charge in [-0.05, 0) is 37.8 Å². The maximum atomic E-state index is 13.5. The van der Waals surface area contributed by atoms with Gasteiger partial charge in [-0.3, -0.25) is 4.79 Å². The van der Waals surface area contributed by atoms with Gasteiger partial charge in [-0.2, -0.15) is 0 Å². The highest BCUT2D eigenvalue weighted by molar-refractivity contribution is 5.95. The fourth-order valence-electron chi connectivity index (χ4n) is 2.23. The van der Waals surface area contributed by atoms with Gasteiger partial charge in [0.15, 0.2) is 0 Å². The summed E-state index contributed by atoms with van der Waals surface area (Å²) in [6.45, 7) is 0. The Bertz CT molecular complexity index is 443. The highest BCUT2D eigenvalue weighted by Gasteiger charge is 2.22. The maximum Gasteiger partial charge on any atom is 0.255 e. The fraction of sp³-hybridized carbons (Fsp3) is 0.462. The molecule has 18 heavy (non-hydrogen) atoms. The second-order valence-corrected chi connectivity index (χ2v) is 4.63. The van der Waals surface area contributed by atoms with Gasteiger partial charge in [0.2, 0.25) is 0 Å². The summed E-state index contributed by atoms with van der Waals surface area (Å²) < 4.78 is 19.2. The molecule has 1 fully saturated rings. The number of hydrogen-bond donors (Lipinski definition) is 2. The molecule has 0 bridgehead atoms. The van der Waals surface area contributed by atoms with Crippen LogP contribution >= 0.6 is 0 Å². The van der Waals surface area contributed by atoms with Gasteiger partial charge in [0, 0.05) is 6.04 Å². The molecule has 0 aliphatic heterocycles. The van der Waals surface area contributed by atoms with Crippen molar-refractivity contribution in [1.29, 1.82) is 0 Å². The van der Waals surface area contributed by atoms with E-state index < -0.39 is 11.7 Å². The summed E-state index contributed by atoms with van der Waals surface area (Å²) in [6.07, 6.45) is 3.37. The van der Waals surface area contributed by atoms with Crippen molar-refractivity contribution in [1.82, 2.24) is 0 Å². The van der Waals surface area contributed by atoms with E-state index in [0.29, 0.717) is 0 Å². The Morgan fingerprint density at radius 1 is 1.28 bits per heavy atom. The number of hydrogen-bond acceptors (Lipinski definition) is 3. The lowest BCUT2D eigenvalue weighted by molar-refractivity contribution is 0.0981. The molecule has 1 aliphatic rings. The molecular formula is C13H17FN2O2. The van der Waals surface area contributed by atoms with E-state index in [1.807, 2.05) is 0 Å². The van der Waals surface area contributed by atoms with E-state index in [1.54, 1.807) is 6.07 Å². The first-order valence-corrected chi connectivity index (χ1v) is 6.08. The Hall–Kier alpha value is -1.62. The van der Waals surface area contributed by atoms with Crippen LogP contribution in [0, 0.1) is 5.82 Å². The number of ether oxygens (including phenoxy) is 1. The molecule has 2 rings (SSSR count). The zero-order valence-corrected chi connectivity index (χ0v) is 10.1. The monoisotopic (exact) mass is 252 g/mol. The highest BCUT2D eigenvalue weighted by Crippen LogP contribution is 2.26. The summed E-state index contributed by atoms with van der Waals surface area (Å²) in [5, 5.41) is 0. The largest absolute Gasteiger partial charge is 0.489 e. The van der Waals surface area contributed by atoms with Crippen LogP contribution in [0.5, 0.6) is 5.75 Å². The van der Waals surface area contributed by atoms with Gasteiger partial charge in [-0.1, -0.05) is 6.07 Å². The number of benzene rings is 1. The number of nitrogens with two attached hydrogens (primary N) is 2. The van der Waals surface area contributed by atoms with Crippen LogP contribution in [0.2, 0.25) is 0 Å². The zero-order valence-electron chi connectivity index (χ0n) is 10.1. The first-order valence-electron chi connectivity index (χ1n) is 6.08. The minimum atomic E-state index is -0.810. The molecule has 0 unspecified atom stereocenters. The molecule has 1 saturated carbocycles. The number of carbonyl (C=O) groups is 1. The van der Waals surface area contributed by atoms with Crippen molar-refractivity contribution in [2.24, 2.45) is 11.5 Å². The van der Waals surface area contributed by atoms with Crippen molar-refractivity contribution in [3.8, 4) is 5.75 Å². The smallest absolute Gasteiger partial charge is 0.255 e. The Kier molecular flexibility index (Phi) is 3.81. The summed E-state index contributed by atoms with van der Waals surface area (Å²) in [6, 6.07) is 4.49. The molecule has 0 atom stereocenters. The van der Waals surface area contributed by atoms with Crippen molar-refractivity contribution in [3.05, 3.63) is 29.6 Å². The van der Waals surface area contributed by atoms with Crippen LogP contribution in [-0.4, -0.2) is 18.1 Å². The highest BCUT2D eigenvalue weighted by atomic mass is 19.1. The summed E-state index contributed by atoms with van der Waals surface area (Å²) in [5.41, 5.74) is 10.8. The lowest BCUT2D eigenvalue weighted by atomic mass is 9.93. The number of amides is 1. The molecule has 0 radical (unpaired) electrons. The minimum absolute atomic E-state index is 0.0234. The molecule has 4 nitrogen and oxygen atoms in total. The average Bonchev–Trinajstić information content (AvgIpc) is 2.32. The van der Waals surface area contributed by atoms with Gasteiger partial charge >= 0.3 is 0 Å². The minimum Gasteiger partial charge on any atom is -0.489 e. The Morgan fingerprint density at radius 2 is 1.94 bits per heavy atom. The number of primary amides is 1. The van der Waals surface area contributed by atoms with Gasteiger partial charge in [0.25, 0.3) is 5.91 Å². The first kappa shape index (κ1) is 12.8. The summed E-state index contributed by atoms with van der Waals surface area (Å²) >= 11 is 0. The summed E-state index contributed by atoms with van der Waals surface area (Å²) in [4.78, 5) is 11.2. The third-order valence-corrected chi connectivity index (χ3v) is 3.23. The third kappa shape index (κ3) is 2.79. The molecule has 98 valence electrons. The SMILES string of the molecule is NC(=O)c1c(F)cccc1OC1CCC(N)CC1. The lowest BCUT2D eigenvalue weighted by Gasteiger charge is -2.27. The van der Waals surface area contributed by atoms with Gasteiger partial charge in [-0.15, -0.1) is 0 Å². The molecule has 4 N–H and O–H groups in total. The quantitative estimate of drug-likeness (QED) is 0.857. The standard InChI is InChI=1S/C13H17FN2O2/c14-10-2-1-3-11(12(10)13(16)17)18-9-6-4-8(15)5-7-9/h1-3,8-9H,4-7,15H2,(H2,16,17). The van der Waals surface area contributed by atoms with Crippen molar-refractivity contribution < 1.29 is 13.9 Å². The van der Waals surface area contributed by atoms with Gasteiger partial charge in [-0.25, -0.2) is 4.39 Å². The van der Waals surface area contributed by atoms with Crippen molar-refractivity contribution >= 4 is 5.91 Å². The predicted octanol–water partition coefficient (Wildman–Crippen LogP) is 1.57. The predicted molar refractivity (Wildman–Crippen MR) is 65.8 cm³/mol. The molecule has 5 heteroatoms. The molecule has 1 amide bonds. The maximum absolute atomic E-state index is 13.5. The van der Waals surface area contributed by atoms with Gasteiger partial charge in [0.05, 0.1) is 6.10 Å². The van der Waals surface area contributed by atoms with Gasteiger partial charge in [0.1, 0.15) is 17.1 Å². The molecule has 1 aromatic rings. The molecule has 1 aromatic carbocycles. The van der Waals surface area contributed by atoms with E-state index in [9.17, 15) is 9.18 Å². The molecule has 0 saturated heterocycles. The van der Waals surface area contributed by atoms with Crippen LogP contribution in [-0.2, 0) is 0 Å². The molecule has 0 aromatic heterocycles. The van der Waals surface area contributed by atoms with E-state index >= 15 is 0 Å². The third-order valence-electron chi connectivity index (χ3n) is 3.23. The summed E-state index contributed by atoms with van der Waals surface area (Å²) in [5.74, 6) is -1.23. The molecule has 1 aliphatic carbocycles. The first-order chi connectivity index (χ1) is 8.58. The average molecular weight is 252 g/mol. The number of rotatable bonds is 3. The van der Waals surface area contributed by atoms with Crippen LogP contribution < -0.4 is 16.2 Å². The zero-order chi connectivity index (χ0) is 13.1. The van der Waals surface area contributed by atoms with E-state index in [0.717, 1.165) is 25.7 Å². The van der Waals surface area contributed by atoms with E-state index in [4.69, 9.17) is 16.2 Å². The Morgan fingerprint density at radius 3 is 2.56 bits per heavy atom. The summed E-state index contributed by atoms with van der Waals surface area (Å²) in [7, 11) is 0. The lowest BCUT2D eigenvalue weighted by Crippen LogP contribution is -2.32. The fourth-order valence-corrected chi connectivity index (χ4v) is 2.23. The number of halogens is 1.